The minimum absolute atomic E-state index is 0.311. The van der Waals surface area contributed by atoms with Gasteiger partial charge in [0.25, 0.3) is 0 Å². The Bertz CT molecular complexity index is 871. The lowest BCUT2D eigenvalue weighted by molar-refractivity contribution is 0.0601. The van der Waals surface area contributed by atoms with Crippen molar-refractivity contribution < 1.29 is 9.53 Å². The second-order valence-electron chi connectivity index (χ2n) is 6.50. The van der Waals surface area contributed by atoms with Crippen LogP contribution in [0.2, 0.25) is 0 Å². The van der Waals surface area contributed by atoms with Gasteiger partial charge < -0.3 is 14.6 Å². The maximum absolute atomic E-state index is 12.0. The van der Waals surface area contributed by atoms with E-state index in [4.69, 9.17) is 4.74 Å². The summed E-state index contributed by atoms with van der Waals surface area (Å²) in [5.74, 6) is 0.195. The van der Waals surface area contributed by atoms with E-state index >= 15 is 0 Å². The molecule has 3 aromatic rings. The molecule has 0 spiro atoms. The van der Waals surface area contributed by atoms with Crippen molar-refractivity contribution in [2.45, 2.75) is 19.4 Å². The van der Waals surface area contributed by atoms with Crippen molar-refractivity contribution in [3.05, 3.63) is 42.6 Å². The maximum Gasteiger partial charge on any atom is 0.337 e. The first-order chi connectivity index (χ1) is 12.2. The van der Waals surface area contributed by atoms with E-state index < -0.39 is 0 Å². The summed E-state index contributed by atoms with van der Waals surface area (Å²) in [4.78, 5) is 21.6. The maximum atomic E-state index is 12.0. The zero-order valence-corrected chi connectivity index (χ0v) is 14.2. The van der Waals surface area contributed by atoms with Crippen molar-refractivity contribution >= 4 is 22.6 Å². The minimum Gasteiger partial charge on any atom is -0.465 e. The number of ether oxygens (including phenoxy) is 1. The fourth-order valence-corrected chi connectivity index (χ4v) is 3.67. The third-order valence-electron chi connectivity index (χ3n) is 4.84. The summed E-state index contributed by atoms with van der Waals surface area (Å²) in [5.41, 5.74) is 2.62. The molecule has 0 bridgehead atoms. The molecule has 1 aromatic carbocycles. The molecule has 1 N–H and O–H groups in total. The first-order valence-electron chi connectivity index (χ1n) is 8.51. The van der Waals surface area contributed by atoms with Gasteiger partial charge in [0.05, 0.1) is 12.7 Å². The predicted octanol–water partition coefficient (Wildman–Crippen LogP) is 2.46. The summed E-state index contributed by atoms with van der Waals surface area (Å²) in [6, 6.07) is 5.86. The second kappa shape index (κ2) is 6.58. The Hall–Kier alpha value is -2.83. The van der Waals surface area contributed by atoms with Gasteiger partial charge in [-0.1, -0.05) is 0 Å². The highest BCUT2D eigenvalue weighted by atomic mass is 16.5. The highest BCUT2D eigenvalue weighted by molar-refractivity contribution is 6.00. The average Bonchev–Trinajstić information content (AvgIpc) is 3.31. The van der Waals surface area contributed by atoms with Gasteiger partial charge in [-0.25, -0.2) is 9.78 Å². The van der Waals surface area contributed by atoms with Crippen LogP contribution >= 0.6 is 0 Å². The van der Waals surface area contributed by atoms with E-state index in [1.54, 1.807) is 12.7 Å². The quantitative estimate of drug-likeness (QED) is 0.739. The zero-order chi connectivity index (χ0) is 17.2. The molecule has 1 aliphatic rings. The molecule has 0 saturated carbocycles. The van der Waals surface area contributed by atoms with E-state index in [0.29, 0.717) is 11.5 Å². The number of aromatic nitrogens is 4. The number of carbonyl (C=O) groups excluding carboxylic acids is 1. The number of benzene rings is 1. The van der Waals surface area contributed by atoms with E-state index in [0.717, 1.165) is 42.6 Å². The SMILES string of the molecule is COC(=O)c1cc(N2CCCC(Cn3cncn3)C2)c2cc[nH]c2c1. The molecule has 130 valence electrons. The largest absolute Gasteiger partial charge is 0.465 e. The lowest BCUT2D eigenvalue weighted by Gasteiger charge is -2.35. The van der Waals surface area contributed by atoms with Crippen LogP contribution < -0.4 is 4.90 Å². The normalized spacial score (nSPS) is 17.8. The summed E-state index contributed by atoms with van der Waals surface area (Å²) in [7, 11) is 1.41. The minimum atomic E-state index is -0.311. The molecule has 25 heavy (non-hydrogen) atoms. The van der Waals surface area contributed by atoms with Crippen molar-refractivity contribution in [1.29, 1.82) is 0 Å². The Morgan fingerprint density at radius 2 is 2.36 bits per heavy atom. The van der Waals surface area contributed by atoms with Crippen LogP contribution in [0.4, 0.5) is 5.69 Å². The monoisotopic (exact) mass is 339 g/mol. The molecule has 1 saturated heterocycles. The Kier molecular flexibility index (Phi) is 4.13. The number of anilines is 1. The number of esters is 1. The van der Waals surface area contributed by atoms with Crippen LogP contribution in [-0.4, -0.2) is 45.9 Å². The van der Waals surface area contributed by atoms with Gasteiger partial charge in [0.1, 0.15) is 12.7 Å². The molecule has 3 heterocycles. The van der Waals surface area contributed by atoms with Crippen LogP contribution in [0.15, 0.2) is 37.1 Å². The van der Waals surface area contributed by atoms with Crippen molar-refractivity contribution in [2.75, 3.05) is 25.1 Å². The zero-order valence-electron chi connectivity index (χ0n) is 14.2. The number of piperidine rings is 1. The van der Waals surface area contributed by atoms with Gasteiger partial charge in [-0.15, -0.1) is 0 Å². The smallest absolute Gasteiger partial charge is 0.337 e. The van der Waals surface area contributed by atoms with Gasteiger partial charge in [0, 0.05) is 42.4 Å². The number of nitrogens with zero attached hydrogens (tertiary/aromatic N) is 4. The molecule has 0 radical (unpaired) electrons. The fraction of sp³-hybridized carbons (Fsp3) is 0.389. The molecule has 1 aliphatic heterocycles. The van der Waals surface area contributed by atoms with E-state index in [1.807, 2.05) is 23.0 Å². The van der Waals surface area contributed by atoms with Crippen LogP contribution in [0.1, 0.15) is 23.2 Å². The summed E-state index contributed by atoms with van der Waals surface area (Å²) in [5, 5.41) is 5.35. The fourth-order valence-electron chi connectivity index (χ4n) is 3.67. The van der Waals surface area contributed by atoms with Gasteiger partial charge >= 0.3 is 5.97 Å². The lowest BCUT2D eigenvalue weighted by atomic mass is 9.96. The Morgan fingerprint density at radius 3 is 3.16 bits per heavy atom. The van der Waals surface area contributed by atoms with Crippen molar-refractivity contribution in [3.63, 3.8) is 0 Å². The predicted molar refractivity (Wildman–Crippen MR) is 94.6 cm³/mol. The number of fused-ring (bicyclic) bond motifs is 1. The van der Waals surface area contributed by atoms with Crippen LogP contribution in [0.3, 0.4) is 0 Å². The van der Waals surface area contributed by atoms with Gasteiger partial charge in [0.2, 0.25) is 0 Å². The van der Waals surface area contributed by atoms with Crippen molar-refractivity contribution in [2.24, 2.45) is 5.92 Å². The highest BCUT2D eigenvalue weighted by Gasteiger charge is 2.23. The Labute approximate surface area is 145 Å². The molecular formula is C18H21N5O2. The second-order valence-corrected chi connectivity index (χ2v) is 6.50. The van der Waals surface area contributed by atoms with Crippen molar-refractivity contribution in [3.8, 4) is 0 Å². The molecule has 1 fully saturated rings. The Balaban J connectivity index is 1.63. The van der Waals surface area contributed by atoms with Crippen molar-refractivity contribution in [1.82, 2.24) is 19.7 Å². The molecule has 7 nitrogen and oxygen atoms in total. The number of H-pyrrole nitrogens is 1. The number of carbonyl (C=O) groups is 1. The lowest BCUT2D eigenvalue weighted by Crippen LogP contribution is -2.37. The number of rotatable bonds is 4. The molecule has 1 unspecified atom stereocenters. The van der Waals surface area contributed by atoms with E-state index in [9.17, 15) is 4.79 Å². The van der Waals surface area contributed by atoms with Crippen LogP contribution in [0.25, 0.3) is 10.9 Å². The molecule has 2 aromatic heterocycles. The van der Waals surface area contributed by atoms with E-state index in [2.05, 4.69) is 26.0 Å². The molecule has 4 rings (SSSR count). The number of methoxy groups -OCH3 is 1. The van der Waals surface area contributed by atoms with Crippen LogP contribution in [0.5, 0.6) is 0 Å². The van der Waals surface area contributed by atoms with Gasteiger partial charge in [-0.2, -0.15) is 5.10 Å². The van der Waals surface area contributed by atoms with Crippen LogP contribution in [0, 0.1) is 5.92 Å². The van der Waals surface area contributed by atoms with E-state index in [1.165, 1.54) is 13.5 Å². The molecular weight excluding hydrogens is 318 g/mol. The summed E-state index contributed by atoms with van der Waals surface area (Å²) < 4.78 is 6.80. The molecule has 0 aliphatic carbocycles. The average molecular weight is 339 g/mol. The third-order valence-corrected chi connectivity index (χ3v) is 4.84. The molecule has 7 heteroatoms. The molecule has 0 amide bonds. The third kappa shape index (κ3) is 3.09. The number of hydrogen-bond acceptors (Lipinski definition) is 5. The first-order valence-corrected chi connectivity index (χ1v) is 8.51. The number of nitrogens with one attached hydrogen (secondary N) is 1. The summed E-state index contributed by atoms with van der Waals surface area (Å²) in [6.07, 6.45) is 7.54. The standard InChI is InChI=1S/C18H21N5O2/c1-25-18(24)14-7-16-15(4-5-20-16)17(8-14)22-6-2-3-13(9-22)10-23-12-19-11-21-23/h4-5,7-8,11-13,20H,2-3,6,9-10H2,1H3. The number of aromatic amines is 1. The van der Waals surface area contributed by atoms with Gasteiger partial charge in [0.15, 0.2) is 0 Å². The number of hydrogen-bond donors (Lipinski definition) is 1. The first kappa shape index (κ1) is 15.7. The van der Waals surface area contributed by atoms with E-state index in [-0.39, 0.29) is 5.97 Å². The summed E-state index contributed by atoms with van der Waals surface area (Å²) >= 11 is 0. The summed E-state index contributed by atoms with van der Waals surface area (Å²) in [6.45, 7) is 2.78. The topological polar surface area (TPSA) is 76.0 Å². The van der Waals surface area contributed by atoms with Gasteiger partial charge in [-0.05, 0) is 37.0 Å². The van der Waals surface area contributed by atoms with Gasteiger partial charge in [-0.3, -0.25) is 4.68 Å². The highest BCUT2D eigenvalue weighted by Crippen LogP contribution is 2.32. The van der Waals surface area contributed by atoms with Crippen LogP contribution in [-0.2, 0) is 11.3 Å². The molecule has 1 atom stereocenters. The Morgan fingerprint density at radius 1 is 1.44 bits per heavy atom.